The minimum atomic E-state index is -0.0986. The smallest absolute Gasteiger partial charge is 0.163 e. The quantitative estimate of drug-likeness (QED) is 0.263. The number of rotatable bonds is 11. The van der Waals surface area contributed by atoms with Gasteiger partial charge in [0.15, 0.2) is 5.78 Å². The van der Waals surface area contributed by atoms with Crippen molar-refractivity contribution in [2.24, 2.45) is 17.8 Å². The molecule has 0 N–H and O–H groups in total. The molecule has 0 saturated heterocycles. The summed E-state index contributed by atoms with van der Waals surface area (Å²) in [6, 6.07) is 8.89. The van der Waals surface area contributed by atoms with Crippen molar-refractivity contribution in [3.05, 3.63) is 57.6 Å². The summed E-state index contributed by atoms with van der Waals surface area (Å²) in [5.41, 5.74) is 9.40. The molecule has 220 valence electrons. The van der Waals surface area contributed by atoms with Crippen LogP contribution in [-0.2, 0) is 16.0 Å². The highest BCUT2D eigenvalue weighted by Crippen LogP contribution is 2.42. The van der Waals surface area contributed by atoms with E-state index in [1.54, 1.807) is 0 Å². The monoisotopic (exact) mass is 546 g/mol. The molecule has 0 aromatic heterocycles. The minimum Gasteiger partial charge on any atom is -0.300 e. The molecule has 0 saturated carbocycles. The fourth-order valence-electron chi connectivity index (χ4n) is 6.74. The van der Waals surface area contributed by atoms with Crippen molar-refractivity contribution in [3.63, 3.8) is 0 Å². The third-order valence-corrected chi connectivity index (χ3v) is 8.41. The lowest BCUT2D eigenvalue weighted by molar-refractivity contribution is -0.129. The van der Waals surface area contributed by atoms with Crippen LogP contribution in [0, 0.1) is 38.5 Å². The summed E-state index contributed by atoms with van der Waals surface area (Å²) in [6.07, 6.45) is 6.30. The average molecular weight is 547 g/mol. The van der Waals surface area contributed by atoms with E-state index in [-0.39, 0.29) is 41.5 Å². The summed E-state index contributed by atoms with van der Waals surface area (Å²) in [6.45, 7) is 20.8. The molecule has 40 heavy (non-hydrogen) atoms. The van der Waals surface area contributed by atoms with Gasteiger partial charge in [0.1, 0.15) is 11.6 Å². The van der Waals surface area contributed by atoms with Gasteiger partial charge in [0.2, 0.25) is 0 Å². The van der Waals surface area contributed by atoms with Crippen LogP contribution in [0.15, 0.2) is 24.3 Å². The van der Waals surface area contributed by atoms with E-state index in [9.17, 15) is 14.4 Å². The van der Waals surface area contributed by atoms with Gasteiger partial charge in [-0.3, -0.25) is 14.4 Å². The van der Waals surface area contributed by atoms with Crippen LogP contribution in [0.4, 0.5) is 0 Å². The summed E-state index contributed by atoms with van der Waals surface area (Å²) < 4.78 is 0. The molecule has 3 atom stereocenters. The molecule has 3 nitrogen and oxygen atoms in total. The van der Waals surface area contributed by atoms with Gasteiger partial charge in [0.05, 0.1) is 6.42 Å². The van der Waals surface area contributed by atoms with Crippen LogP contribution in [-0.4, -0.2) is 17.3 Å². The Morgan fingerprint density at radius 3 is 2.12 bits per heavy atom. The average Bonchev–Trinajstić information content (AvgIpc) is 2.85. The zero-order chi connectivity index (χ0) is 30.1. The Labute approximate surface area is 244 Å². The Kier molecular flexibility index (Phi) is 13.0. The van der Waals surface area contributed by atoms with Crippen LogP contribution in [0.1, 0.15) is 138 Å². The molecule has 0 heterocycles. The first-order valence-corrected chi connectivity index (χ1v) is 15.7. The highest BCUT2D eigenvalue weighted by atomic mass is 16.1. The molecule has 3 rings (SSSR count). The van der Waals surface area contributed by atoms with Crippen molar-refractivity contribution in [2.45, 2.75) is 127 Å². The Balaban J connectivity index is 0.00000178. The van der Waals surface area contributed by atoms with Crippen molar-refractivity contribution in [2.75, 3.05) is 0 Å². The number of hydrogen-bond donors (Lipinski definition) is 0. The van der Waals surface area contributed by atoms with E-state index in [4.69, 9.17) is 0 Å². The molecule has 1 aliphatic rings. The Bertz CT molecular complexity index is 1190. The standard InChI is InChI=1S/C34H46O3.C3H8/c1-9-11-26(27(10-2)32(36)15-23(7)35)16-25-17-31-29(20(3)4)19-30(24(8)34(31)33(37)18-25)28-13-12-21(5)14-22(28)6;1-3-2/h12-14,19-20,25-27H,9-11,15-18H2,1-8H3;3H2,1-2H3. The number of benzene rings is 2. The molecule has 3 unspecified atom stereocenters. The van der Waals surface area contributed by atoms with E-state index in [2.05, 4.69) is 86.6 Å². The highest BCUT2D eigenvalue weighted by molar-refractivity contribution is 6.02. The van der Waals surface area contributed by atoms with Crippen LogP contribution in [0.5, 0.6) is 0 Å². The maximum atomic E-state index is 13.8. The third kappa shape index (κ3) is 8.24. The number of Topliss-reactive ketones (excluding diaryl/α,β-unsaturated/α-hetero) is 3. The number of hydrogen-bond acceptors (Lipinski definition) is 3. The van der Waals surface area contributed by atoms with Gasteiger partial charge < -0.3 is 0 Å². The highest BCUT2D eigenvalue weighted by Gasteiger charge is 2.35. The van der Waals surface area contributed by atoms with Crippen LogP contribution in [0.2, 0.25) is 0 Å². The SMILES string of the molecule is CCC.CCCC(CC1CC(=O)c2c(C)c(-c3ccc(C)cc3C)cc(C(C)C)c2C1)C(CC)C(=O)CC(C)=O. The maximum Gasteiger partial charge on any atom is 0.163 e. The van der Waals surface area contributed by atoms with Crippen molar-refractivity contribution in [3.8, 4) is 11.1 Å². The summed E-state index contributed by atoms with van der Waals surface area (Å²) in [7, 11) is 0. The van der Waals surface area contributed by atoms with Crippen LogP contribution in [0.25, 0.3) is 11.1 Å². The topological polar surface area (TPSA) is 51.2 Å². The fraction of sp³-hybridized carbons (Fsp3) is 0.595. The number of carbonyl (C=O) groups excluding carboxylic acids is 3. The first kappa shape index (κ1) is 33.7. The predicted molar refractivity (Wildman–Crippen MR) is 169 cm³/mol. The largest absolute Gasteiger partial charge is 0.300 e. The molecule has 1 aliphatic carbocycles. The van der Waals surface area contributed by atoms with E-state index in [1.165, 1.54) is 46.7 Å². The number of fused-ring (bicyclic) bond motifs is 1. The molecule has 3 heteroatoms. The molecule has 0 amide bonds. The lowest BCUT2D eigenvalue weighted by Crippen LogP contribution is -2.30. The second kappa shape index (κ2) is 15.5. The maximum absolute atomic E-state index is 13.8. The first-order valence-electron chi connectivity index (χ1n) is 15.7. The van der Waals surface area contributed by atoms with E-state index >= 15 is 0 Å². The van der Waals surface area contributed by atoms with Gasteiger partial charge in [-0.1, -0.05) is 90.6 Å². The number of aryl methyl sites for hydroxylation is 2. The van der Waals surface area contributed by atoms with Crippen LogP contribution in [0.3, 0.4) is 0 Å². The molecular weight excluding hydrogens is 492 g/mol. The van der Waals surface area contributed by atoms with Crippen LogP contribution >= 0.6 is 0 Å². The molecule has 0 fully saturated rings. The summed E-state index contributed by atoms with van der Waals surface area (Å²) in [4.78, 5) is 38.3. The van der Waals surface area contributed by atoms with E-state index in [0.717, 1.165) is 43.2 Å². The van der Waals surface area contributed by atoms with Crippen molar-refractivity contribution in [1.82, 2.24) is 0 Å². The molecule has 0 bridgehead atoms. The molecule has 2 aromatic carbocycles. The molecule has 0 radical (unpaired) electrons. The van der Waals surface area contributed by atoms with Crippen LogP contribution < -0.4 is 0 Å². The van der Waals surface area contributed by atoms with Gasteiger partial charge in [0.25, 0.3) is 0 Å². The third-order valence-electron chi connectivity index (χ3n) is 8.41. The second-order valence-corrected chi connectivity index (χ2v) is 12.5. The van der Waals surface area contributed by atoms with E-state index in [1.807, 2.05) is 0 Å². The Morgan fingerprint density at radius 2 is 1.60 bits per heavy atom. The Hall–Kier alpha value is -2.55. The molecular formula is C37H54O3. The van der Waals surface area contributed by atoms with Gasteiger partial charge >= 0.3 is 0 Å². The zero-order valence-electron chi connectivity index (χ0n) is 27.0. The molecule has 0 aliphatic heterocycles. The second-order valence-electron chi connectivity index (χ2n) is 12.5. The molecule has 2 aromatic rings. The lowest BCUT2D eigenvalue weighted by Gasteiger charge is -2.33. The van der Waals surface area contributed by atoms with E-state index < -0.39 is 0 Å². The van der Waals surface area contributed by atoms with Crippen molar-refractivity contribution >= 4 is 17.3 Å². The lowest BCUT2D eigenvalue weighted by atomic mass is 9.70. The van der Waals surface area contributed by atoms with E-state index in [0.29, 0.717) is 12.3 Å². The van der Waals surface area contributed by atoms with Gasteiger partial charge in [-0.15, -0.1) is 0 Å². The summed E-state index contributed by atoms with van der Waals surface area (Å²) >= 11 is 0. The zero-order valence-corrected chi connectivity index (χ0v) is 27.0. The van der Waals surface area contributed by atoms with Crippen molar-refractivity contribution in [1.29, 1.82) is 0 Å². The number of carbonyl (C=O) groups is 3. The Morgan fingerprint density at radius 1 is 0.950 bits per heavy atom. The van der Waals surface area contributed by atoms with Gasteiger partial charge in [-0.25, -0.2) is 0 Å². The normalized spacial score (nSPS) is 16.2. The summed E-state index contributed by atoms with van der Waals surface area (Å²) in [5.74, 6) is 0.940. The first-order chi connectivity index (χ1) is 18.9. The minimum absolute atomic E-state index is 0.0308. The predicted octanol–water partition coefficient (Wildman–Crippen LogP) is 9.94. The van der Waals surface area contributed by atoms with Gasteiger partial charge in [-0.05, 0) is 98.1 Å². The number of ketones is 3. The molecule has 0 spiro atoms. The van der Waals surface area contributed by atoms with Gasteiger partial charge in [0, 0.05) is 17.9 Å². The summed E-state index contributed by atoms with van der Waals surface area (Å²) in [5, 5.41) is 0. The fourth-order valence-corrected chi connectivity index (χ4v) is 6.74. The van der Waals surface area contributed by atoms with Crippen molar-refractivity contribution < 1.29 is 14.4 Å². The van der Waals surface area contributed by atoms with Gasteiger partial charge in [-0.2, -0.15) is 0 Å².